The number of benzene rings is 1. The second-order valence-electron chi connectivity index (χ2n) is 4.05. The molecule has 0 bridgehead atoms. The number of allylic oxidation sites excluding steroid dienone is 2. The van der Waals surface area contributed by atoms with E-state index in [2.05, 4.69) is 18.0 Å². The molecule has 1 aromatic rings. The van der Waals surface area contributed by atoms with E-state index in [1.165, 1.54) is 6.07 Å². The maximum absolute atomic E-state index is 13.5. The first-order chi connectivity index (χ1) is 7.66. The Balaban J connectivity index is 2.33. The van der Waals surface area contributed by atoms with E-state index in [9.17, 15) is 4.39 Å². The Kier molecular flexibility index (Phi) is 3.39. The molecular weight excluding hydrogens is 225 g/mol. The molecule has 0 fully saturated rings. The summed E-state index contributed by atoms with van der Waals surface area (Å²) in [5.74, 6) is 0.210. The van der Waals surface area contributed by atoms with Gasteiger partial charge in [-0.2, -0.15) is 0 Å². The molecule has 1 unspecified atom stereocenters. The molecule has 1 atom stereocenters. The summed E-state index contributed by atoms with van der Waals surface area (Å²) in [6.07, 6.45) is 5.98. The molecule has 0 amide bonds. The van der Waals surface area contributed by atoms with Crippen molar-refractivity contribution < 1.29 is 4.39 Å². The van der Waals surface area contributed by atoms with Gasteiger partial charge in [0, 0.05) is 5.71 Å². The van der Waals surface area contributed by atoms with Crippen molar-refractivity contribution in [2.75, 3.05) is 0 Å². The van der Waals surface area contributed by atoms with Crippen LogP contribution in [0.25, 0.3) is 0 Å². The minimum absolute atomic E-state index is 0.248. The van der Waals surface area contributed by atoms with Crippen molar-refractivity contribution in [3.63, 3.8) is 0 Å². The molecule has 2 rings (SSSR count). The lowest BCUT2D eigenvalue weighted by Crippen LogP contribution is -2.04. The standard InChI is InChI=1S/C13H13ClFN/c1-9-5-7-10(8-6-9)16-13-11(14)3-2-4-12(13)15/h2-5,7,9H,6,8H2,1H3. The summed E-state index contributed by atoms with van der Waals surface area (Å²) in [5.41, 5.74) is 1.14. The normalized spacial score (nSPS) is 22.7. The Labute approximate surface area is 99.7 Å². The minimum Gasteiger partial charge on any atom is -0.249 e. The quantitative estimate of drug-likeness (QED) is 0.680. The van der Waals surface area contributed by atoms with Gasteiger partial charge >= 0.3 is 0 Å². The van der Waals surface area contributed by atoms with Gasteiger partial charge in [-0.05, 0) is 37.0 Å². The maximum Gasteiger partial charge on any atom is 0.150 e. The summed E-state index contributed by atoms with van der Waals surface area (Å²) in [5, 5.41) is 0.361. The van der Waals surface area contributed by atoms with Crippen LogP contribution in [0.4, 0.5) is 10.1 Å². The van der Waals surface area contributed by atoms with Crippen LogP contribution >= 0.6 is 11.6 Å². The highest BCUT2D eigenvalue weighted by molar-refractivity contribution is 6.33. The van der Waals surface area contributed by atoms with Crippen LogP contribution in [0.3, 0.4) is 0 Å². The van der Waals surface area contributed by atoms with Crippen LogP contribution in [-0.4, -0.2) is 5.71 Å². The molecule has 0 saturated heterocycles. The molecule has 0 aromatic heterocycles. The van der Waals surface area contributed by atoms with Crippen LogP contribution in [0.1, 0.15) is 19.8 Å². The summed E-state index contributed by atoms with van der Waals surface area (Å²) in [6.45, 7) is 2.16. The predicted octanol–water partition coefficient (Wildman–Crippen LogP) is 4.54. The van der Waals surface area contributed by atoms with E-state index in [-0.39, 0.29) is 11.5 Å². The first kappa shape index (κ1) is 11.3. The van der Waals surface area contributed by atoms with Crippen LogP contribution in [0.2, 0.25) is 5.02 Å². The first-order valence-corrected chi connectivity index (χ1v) is 5.74. The zero-order chi connectivity index (χ0) is 11.5. The van der Waals surface area contributed by atoms with Crippen LogP contribution in [0.5, 0.6) is 0 Å². The van der Waals surface area contributed by atoms with Gasteiger partial charge in [-0.15, -0.1) is 0 Å². The third-order valence-corrected chi connectivity index (χ3v) is 2.97. The molecule has 0 saturated carbocycles. The van der Waals surface area contributed by atoms with E-state index < -0.39 is 0 Å². The molecule has 1 aliphatic rings. The van der Waals surface area contributed by atoms with E-state index in [0.717, 1.165) is 18.6 Å². The number of aliphatic imine (C=N–C) groups is 1. The first-order valence-electron chi connectivity index (χ1n) is 5.36. The number of nitrogens with zero attached hydrogens (tertiary/aromatic N) is 1. The lowest BCUT2D eigenvalue weighted by atomic mass is 9.96. The third kappa shape index (κ3) is 2.50. The van der Waals surface area contributed by atoms with Crippen molar-refractivity contribution in [1.82, 2.24) is 0 Å². The van der Waals surface area contributed by atoms with Crippen molar-refractivity contribution in [2.24, 2.45) is 10.9 Å². The Morgan fingerprint density at radius 2 is 2.25 bits per heavy atom. The highest BCUT2D eigenvalue weighted by atomic mass is 35.5. The van der Waals surface area contributed by atoms with Gasteiger partial charge in [0.2, 0.25) is 0 Å². The van der Waals surface area contributed by atoms with Crippen molar-refractivity contribution in [3.8, 4) is 0 Å². The molecule has 1 aromatic carbocycles. The van der Waals surface area contributed by atoms with Crippen molar-refractivity contribution >= 4 is 23.0 Å². The highest BCUT2D eigenvalue weighted by Gasteiger charge is 2.10. The van der Waals surface area contributed by atoms with Gasteiger partial charge < -0.3 is 0 Å². The predicted molar refractivity (Wildman–Crippen MR) is 66.0 cm³/mol. The summed E-state index contributed by atoms with van der Waals surface area (Å²) in [6, 6.07) is 4.61. The fourth-order valence-electron chi connectivity index (χ4n) is 1.66. The molecule has 1 aliphatic carbocycles. The topological polar surface area (TPSA) is 12.4 Å². The zero-order valence-corrected chi connectivity index (χ0v) is 9.84. The van der Waals surface area contributed by atoms with Gasteiger partial charge in [0.1, 0.15) is 11.5 Å². The molecule has 3 heteroatoms. The molecule has 0 heterocycles. The Morgan fingerprint density at radius 1 is 1.44 bits per heavy atom. The van der Waals surface area contributed by atoms with Crippen molar-refractivity contribution in [1.29, 1.82) is 0 Å². The van der Waals surface area contributed by atoms with Gasteiger partial charge in [0.25, 0.3) is 0 Å². The molecule has 16 heavy (non-hydrogen) atoms. The van der Waals surface area contributed by atoms with Gasteiger partial charge in [0.05, 0.1) is 5.02 Å². The second kappa shape index (κ2) is 4.79. The average Bonchev–Trinajstić information content (AvgIpc) is 2.26. The smallest absolute Gasteiger partial charge is 0.150 e. The zero-order valence-electron chi connectivity index (χ0n) is 9.08. The van der Waals surface area contributed by atoms with Crippen molar-refractivity contribution in [3.05, 3.63) is 41.2 Å². The Bertz CT molecular complexity index is 431. The van der Waals surface area contributed by atoms with Crippen LogP contribution in [-0.2, 0) is 0 Å². The number of hydrogen-bond donors (Lipinski definition) is 0. The number of hydrogen-bond acceptors (Lipinski definition) is 1. The molecule has 0 N–H and O–H groups in total. The Morgan fingerprint density at radius 3 is 2.88 bits per heavy atom. The van der Waals surface area contributed by atoms with E-state index in [1.807, 2.05) is 6.08 Å². The van der Waals surface area contributed by atoms with Crippen LogP contribution in [0, 0.1) is 11.7 Å². The second-order valence-corrected chi connectivity index (χ2v) is 4.46. The van der Waals surface area contributed by atoms with Gasteiger partial charge in [0.15, 0.2) is 0 Å². The third-order valence-electron chi connectivity index (χ3n) is 2.67. The largest absolute Gasteiger partial charge is 0.249 e. The van der Waals surface area contributed by atoms with Crippen molar-refractivity contribution in [2.45, 2.75) is 19.8 Å². The van der Waals surface area contributed by atoms with Gasteiger partial charge in [-0.25, -0.2) is 9.38 Å². The number of rotatable bonds is 1. The lowest BCUT2D eigenvalue weighted by molar-refractivity contribution is 0.629. The number of para-hydroxylation sites is 1. The van der Waals surface area contributed by atoms with E-state index in [4.69, 9.17) is 11.6 Å². The highest BCUT2D eigenvalue weighted by Crippen LogP contribution is 2.29. The van der Waals surface area contributed by atoms with Crippen LogP contribution in [0.15, 0.2) is 35.3 Å². The monoisotopic (exact) mass is 237 g/mol. The average molecular weight is 238 g/mol. The lowest BCUT2D eigenvalue weighted by Gasteiger charge is -2.12. The molecule has 0 radical (unpaired) electrons. The maximum atomic E-state index is 13.5. The van der Waals surface area contributed by atoms with E-state index in [1.54, 1.807) is 12.1 Å². The molecule has 0 spiro atoms. The summed E-state index contributed by atoms with van der Waals surface area (Å²) in [4.78, 5) is 4.27. The van der Waals surface area contributed by atoms with Gasteiger partial charge in [-0.1, -0.05) is 30.7 Å². The molecule has 1 nitrogen and oxygen atoms in total. The summed E-state index contributed by atoms with van der Waals surface area (Å²) in [7, 11) is 0. The summed E-state index contributed by atoms with van der Waals surface area (Å²) < 4.78 is 13.5. The fourth-order valence-corrected chi connectivity index (χ4v) is 1.87. The van der Waals surface area contributed by atoms with Crippen LogP contribution < -0.4 is 0 Å². The fraction of sp³-hybridized carbons (Fsp3) is 0.308. The van der Waals surface area contributed by atoms with Gasteiger partial charge in [-0.3, -0.25) is 0 Å². The molecular formula is C13H13ClFN. The van der Waals surface area contributed by atoms with E-state index in [0.29, 0.717) is 10.9 Å². The van der Waals surface area contributed by atoms with E-state index >= 15 is 0 Å². The number of halogens is 2. The SMILES string of the molecule is CC1C=CC(=Nc2c(F)cccc2Cl)CC1. The Hall–Kier alpha value is -1.15. The minimum atomic E-state index is -0.368. The molecule has 0 aliphatic heterocycles. The molecule has 84 valence electrons. The summed E-state index contributed by atoms with van der Waals surface area (Å²) >= 11 is 5.91.